The number of unbranched alkanes of at least 4 members (excludes halogenated alkanes) is 1. The number of carbonyl (C=O) groups excluding carboxylic acids is 2. The first-order valence-corrected chi connectivity index (χ1v) is 5.24. The van der Waals surface area contributed by atoms with Crippen LogP contribution in [0.25, 0.3) is 0 Å². The van der Waals surface area contributed by atoms with Crippen molar-refractivity contribution in [3.05, 3.63) is 0 Å². The van der Waals surface area contributed by atoms with E-state index in [2.05, 4.69) is 12.2 Å². The molecule has 14 heavy (non-hydrogen) atoms. The third kappa shape index (κ3) is 2.47. The molecule has 4 heteroatoms. The number of hydrogen-bond acceptors (Lipinski definition) is 2. The van der Waals surface area contributed by atoms with Gasteiger partial charge < -0.3 is 10.2 Å². The first-order chi connectivity index (χ1) is 6.66. The maximum Gasteiger partial charge on any atom is 0.242 e. The van der Waals surface area contributed by atoms with E-state index in [0.717, 1.165) is 12.8 Å². The van der Waals surface area contributed by atoms with E-state index in [1.807, 2.05) is 0 Å². The summed E-state index contributed by atoms with van der Waals surface area (Å²) in [4.78, 5) is 24.6. The molecule has 0 saturated carbocycles. The lowest BCUT2D eigenvalue weighted by Gasteiger charge is -2.32. The summed E-state index contributed by atoms with van der Waals surface area (Å²) >= 11 is 0. The zero-order valence-electron chi connectivity index (χ0n) is 8.88. The largest absolute Gasteiger partial charge is 0.353 e. The molecule has 0 aromatic rings. The molecule has 1 saturated heterocycles. The van der Waals surface area contributed by atoms with Gasteiger partial charge in [0.1, 0.15) is 6.04 Å². The van der Waals surface area contributed by atoms with Gasteiger partial charge in [-0.3, -0.25) is 9.59 Å². The molecule has 1 aliphatic rings. The molecule has 0 aliphatic carbocycles. The van der Waals surface area contributed by atoms with Crippen LogP contribution in [-0.2, 0) is 9.59 Å². The number of rotatable bonds is 3. The molecule has 1 unspecified atom stereocenters. The fourth-order valence-corrected chi connectivity index (χ4v) is 1.59. The minimum atomic E-state index is -0.298. The number of nitrogens with one attached hydrogen (secondary N) is 1. The van der Waals surface area contributed by atoms with Crippen LogP contribution in [0.15, 0.2) is 0 Å². The van der Waals surface area contributed by atoms with Crippen LogP contribution >= 0.6 is 0 Å². The van der Waals surface area contributed by atoms with Gasteiger partial charge in [-0.2, -0.15) is 0 Å². The third-order valence-electron chi connectivity index (χ3n) is 2.56. The second kappa shape index (κ2) is 4.98. The standard InChI is InChI=1S/C10H18N2O2/c1-3-4-5-9(13)12-7-6-11-10(14)8(12)2/h8H,3-7H2,1-2H3,(H,11,14). The molecule has 1 atom stereocenters. The van der Waals surface area contributed by atoms with Crippen LogP contribution in [0, 0.1) is 0 Å². The van der Waals surface area contributed by atoms with E-state index in [1.54, 1.807) is 11.8 Å². The number of amides is 2. The van der Waals surface area contributed by atoms with Gasteiger partial charge in [-0.1, -0.05) is 13.3 Å². The lowest BCUT2D eigenvalue weighted by Crippen LogP contribution is -2.55. The smallest absolute Gasteiger partial charge is 0.242 e. The molecule has 2 amide bonds. The topological polar surface area (TPSA) is 49.4 Å². The first-order valence-electron chi connectivity index (χ1n) is 5.24. The molecule has 0 spiro atoms. The second-order valence-corrected chi connectivity index (χ2v) is 3.66. The van der Waals surface area contributed by atoms with Crippen molar-refractivity contribution in [3.8, 4) is 0 Å². The monoisotopic (exact) mass is 198 g/mol. The second-order valence-electron chi connectivity index (χ2n) is 3.66. The first kappa shape index (κ1) is 11.0. The van der Waals surface area contributed by atoms with E-state index >= 15 is 0 Å². The summed E-state index contributed by atoms with van der Waals surface area (Å²) in [7, 11) is 0. The number of piperazine rings is 1. The highest BCUT2D eigenvalue weighted by molar-refractivity contribution is 5.88. The Morgan fingerprint density at radius 3 is 3.00 bits per heavy atom. The van der Waals surface area contributed by atoms with Crippen molar-refractivity contribution >= 4 is 11.8 Å². The van der Waals surface area contributed by atoms with Crippen molar-refractivity contribution in [1.29, 1.82) is 0 Å². The lowest BCUT2D eigenvalue weighted by atomic mass is 10.1. The number of nitrogens with zero attached hydrogens (tertiary/aromatic N) is 1. The Bertz CT molecular complexity index is 228. The minimum Gasteiger partial charge on any atom is -0.353 e. The molecular weight excluding hydrogens is 180 g/mol. The minimum absolute atomic E-state index is 0.0406. The van der Waals surface area contributed by atoms with E-state index in [-0.39, 0.29) is 17.9 Å². The van der Waals surface area contributed by atoms with Crippen LogP contribution in [0.5, 0.6) is 0 Å². The zero-order valence-corrected chi connectivity index (χ0v) is 8.88. The Kier molecular flexibility index (Phi) is 3.92. The molecule has 0 aromatic heterocycles. The molecule has 80 valence electrons. The van der Waals surface area contributed by atoms with Gasteiger partial charge in [0.15, 0.2) is 0 Å². The average molecular weight is 198 g/mol. The van der Waals surface area contributed by atoms with E-state index < -0.39 is 0 Å². The van der Waals surface area contributed by atoms with Gasteiger partial charge in [0.05, 0.1) is 0 Å². The molecule has 4 nitrogen and oxygen atoms in total. The summed E-state index contributed by atoms with van der Waals surface area (Å²) in [6.45, 7) is 5.06. The summed E-state index contributed by atoms with van der Waals surface area (Å²) in [5, 5.41) is 2.74. The molecule has 0 bridgehead atoms. The Morgan fingerprint density at radius 2 is 2.36 bits per heavy atom. The van der Waals surface area contributed by atoms with Gasteiger partial charge in [-0.25, -0.2) is 0 Å². The summed E-state index contributed by atoms with van der Waals surface area (Å²) in [6, 6.07) is -0.298. The number of carbonyl (C=O) groups is 2. The van der Waals surface area contributed by atoms with Crippen LogP contribution < -0.4 is 5.32 Å². The SMILES string of the molecule is CCCCC(=O)N1CCNC(=O)C1C. The average Bonchev–Trinajstić information content (AvgIpc) is 2.18. The van der Waals surface area contributed by atoms with E-state index in [1.165, 1.54) is 0 Å². The highest BCUT2D eigenvalue weighted by Gasteiger charge is 2.28. The van der Waals surface area contributed by atoms with Crippen LogP contribution in [0.4, 0.5) is 0 Å². The normalized spacial score (nSPS) is 22.0. The van der Waals surface area contributed by atoms with Crippen LogP contribution in [0.3, 0.4) is 0 Å². The molecule has 1 fully saturated rings. The molecule has 0 aromatic carbocycles. The molecular formula is C10H18N2O2. The summed E-state index contributed by atoms with van der Waals surface area (Å²) in [6.07, 6.45) is 2.48. The Hall–Kier alpha value is -1.06. The maximum atomic E-state index is 11.7. The van der Waals surface area contributed by atoms with Crippen molar-refractivity contribution in [2.45, 2.75) is 39.2 Å². The van der Waals surface area contributed by atoms with Crippen molar-refractivity contribution in [2.75, 3.05) is 13.1 Å². The van der Waals surface area contributed by atoms with Crippen molar-refractivity contribution < 1.29 is 9.59 Å². The fourth-order valence-electron chi connectivity index (χ4n) is 1.59. The quantitative estimate of drug-likeness (QED) is 0.719. The van der Waals surface area contributed by atoms with Gasteiger partial charge in [0.25, 0.3) is 0 Å². The fraction of sp³-hybridized carbons (Fsp3) is 0.800. The zero-order chi connectivity index (χ0) is 10.6. The summed E-state index contributed by atoms with van der Waals surface area (Å²) in [5.74, 6) is 0.0651. The van der Waals surface area contributed by atoms with Crippen molar-refractivity contribution in [1.82, 2.24) is 10.2 Å². The predicted molar refractivity (Wildman–Crippen MR) is 53.7 cm³/mol. The van der Waals surface area contributed by atoms with E-state index in [4.69, 9.17) is 0 Å². The van der Waals surface area contributed by atoms with Crippen molar-refractivity contribution in [2.24, 2.45) is 0 Å². The molecule has 1 N–H and O–H groups in total. The van der Waals surface area contributed by atoms with Gasteiger partial charge in [-0.05, 0) is 13.3 Å². The highest BCUT2D eigenvalue weighted by atomic mass is 16.2. The van der Waals surface area contributed by atoms with Crippen LogP contribution in [0.2, 0.25) is 0 Å². The molecule has 1 rings (SSSR count). The highest BCUT2D eigenvalue weighted by Crippen LogP contribution is 2.08. The van der Waals surface area contributed by atoms with Gasteiger partial charge in [0, 0.05) is 19.5 Å². The van der Waals surface area contributed by atoms with Crippen LogP contribution in [0.1, 0.15) is 33.1 Å². The Labute approximate surface area is 84.7 Å². The Balaban J connectivity index is 2.49. The molecule has 1 heterocycles. The van der Waals surface area contributed by atoms with Crippen molar-refractivity contribution in [3.63, 3.8) is 0 Å². The molecule has 1 aliphatic heterocycles. The van der Waals surface area contributed by atoms with Gasteiger partial charge in [0.2, 0.25) is 11.8 Å². The summed E-state index contributed by atoms with van der Waals surface area (Å²) < 4.78 is 0. The number of hydrogen-bond donors (Lipinski definition) is 1. The third-order valence-corrected chi connectivity index (χ3v) is 2.56. The van der Waals surface area contributed by atoms with E-state index in [9.17, 15) is 9.59 Å². The van der Waals surface area contributed by atoms with Gasteiger partial charge >= 0.3 is 0 Å². The Morgan fingerprint density at radius 1 is 1.64 bits per heavy atom. The van der Waals surface area contributed by atoms with Crippen LogP contribution in [-0.4, -0.2) is 35.8 Å². The maximum absolute atomic E-state index is 11.7. The van der Waals surface area contributed by atoms with E-state index in [0.29, 0.717) is 19.5 Å². The van der Waals surface area contributed by atoms with Gasteiger partial charge in [-0.15, -0.1) is 0 Å². The molecule has 0 radical (unpaired) electrons. The summed E-state index contributed by atoms with van der Waals surface area (Å²) in [5.41, 5.74) is 0. The predicted octanol–water partition coefficient (Wildman–Crippen LogP) is 0.523. The lowest BCUT2D eigenvalue weighted by molar-refractivity contribution is -0.142.